The fourth-order valence-corrected chi connectivity index (χ4v) is 2.25. The Morgan fingerprint density at radius 1 is 0.950 bits per heavy atom. The molecular formula is C18H22O2. The Morgan fingerprint density at radius 3 is 2.35 bits per heavy atom. The second-order valence-corrected chi connectivity index (χ2v) is 4.98. The van der Waals surface area contributed by atoms with Crippen LogP contribution in [-0.4, -0.2) is 5.11 Å². The first-order valence-corrected chi connectivity index (χ1v) is 7.31. The molecule has 2 heteroatoms. The molecular weight excluding hydrogens is 248 g/mol. The quantitative estimate of drug-likeness (QED) is 0.710. The minimum absolute atomic E-state index is 0.00366. The summed E-state index contributed by atoms with van der Waals surface area (Å²) in [5.74, 6) is 0.752. The molecule has 0 amide bonds. The molecule has 0 spiro atoms. The van der Waals surface area contributed by atoms with E-state index in [0.717, 1.165) is 18.4 Å². The van der Waals surface area contributed by atoms with Gasteiger partial charge in [0.1, 0.15) is 6.10 Å². The van der Waals surface area contributed by atoms with Gasteiger partial charge in [0.05, 0.1) is 0 Å². The number of hydrogen-bond donors (Lipinski definition) is 1. The Balaban J connectivity index is 2.12. The lowest BCUT2D eigenvalue weighted by Crippen LogP contribution is -2.07. The lowest BCUT2D eigenvalue weighted by atomic mass is 10.0. The summed E-state index contributed by atoms with van der Waals surface area (Å²) in [6.07, 6.45) is 4.48. The number of aromatic hydroxyl groups is 1. The largest absolute Gasteiger partial charge is 0.504 e. The molecule has 0 aliphatic carbocycles. The van der Waals surface area contributed by atoms with Gasteiger partial charge < -0.3 is 9.84 Å². The Kier molecular flexibility index (Phi) is 5.48. The van der Waals surface area contributed by atoms with E-state index in [4.69, 9.17) is 4.74 Å². The highest BCUT2D eigenvalue weighted by Crippen LogP contribution is 2.32. The molecule has 106 valence electrons. The average Bonchev–Trinajstić information content (AvgIpc) is 2.49. The van der Waals surface area contributed by atoms with Crippen molar-refractivity contribution in [3.05, 3.63) is 60.2 Å². The second-order valence-electron chi connectivity index (χ2n) is 4.98. The fourth-order valence-electron chi connectivity index (χ4n) is 2.25. The van der Waals surface area contributed by atoms with Gasteiger partial charge in [-0.25, -0.2) is 0 Å². The van der Waals surface area contributed by atoms with Gasteiger partial charge in [0.2, 0.25) is 0 Å². The highest BCUT2D eigenvalue weighted by molar-refractivity contribution is 5.38. The lowest BCUT2D eigenvalue weighted by molar-refractivity contribution is 0.183. The number of hydrogen-bond acceptors (Lipinski definition) is 2. The molecule has 0 saturated carbocycles. The molecule has 0 bridgehead atoms. The van der Waals surface area contributed by atoms with Crippen molar-refractivity contribution < 1.29 is 9.84 Å². The Hall–Kier alpha value is -1.96. The van der Waals surface area contributed by atoms with E-state index in [0.29, 0.717) is 5.75 Å². The average molecular weight is 270 g/mol. The smallest absolute Gasteiger partial charge is 0.161 e. The van der Waals surface area contributed by atoms with Crippen LogP contribution in [0, 0.1) is 0 Å². The minimum atomic E-state index is -0.00366. The summed E-state index contributed by atoms with van der Waals surface area (Å²) in [5, 5.41) is 9.85. The molecule has 1 unspecified atom stereocenters. The predicted octanol–water partition coefficient (Wildman–Crippen LogP) is 5.09. The number of para-hydroxylation sites is 2. The second kappa shape index (κ2) is 7.59. The molecule has 0 heterocycles. The molecule has 2 aromatic rings. The SMILES string of the molecule is CCCCCC(Oc1ccccc1O)c1ccccc1. The molecule has 0 aromatic heterocycles. The number of phenols is 1. The molecule has 0 radical (unpaired) electrons. The van der Waals surface area contributed by atoms with E-state index in [9.17, 15) is 5.11 Å². The zero-order chi connectivity index (χ0) is 14.2. The van der Waals surface area contributed by atoms with Crippen LogP contribution in [0.15, 0.2) is 54.6 Å². The van der Waals surface area contributed by atoms with Crippen LogP contribution in [0.4, 0.5) is 0 Å². The number of ether oxygens (including phenoxy) is 1. The molecule has 2 aromatic carbocycles. The molecule has 1 atom stereocenters. The van der Waals surface area contributed by atoms with Gasteiger partial charge >= 0.3 is 0 Å². The van der Waals surface area contributed by atoms with E-state index in [1.165, 1.54) is 12.8 Å². The third kappa shape index (κ3) is 4.02. The molecule has 0 fully saturated rings. The van der Waals surface area contributed by atoms with Crippen molar-refractivity contribution in [3.8, 4) is 11.5 Å². The summed E-state index contributed by atoms with van der Waals surface area (Å²) in [6, 6.07) is 17.4. The summed E-state index contributed by atoms with van der Waals surface area (Å²) in [6.45, 7) is 2.20. The van der Waals surface area contributed by atoms with E-state index in [1.807, 2.05) is 30.3 Å². The number of unbranched alkanes of at least 4 members (excludes halogenated alkanes) is 2. The number of phenolic OH excluding ortho intramolecular Hbond substituents is 1. The van der Waals surface area contributed by atoms with Crippen molar-refractivity contribution in [2.24, 2.45) is 0 Å². The van der Waals surface area contributed by atoms with Crippen LogP contribution in [0.5, 0.6) is 11.5 Å². The van der Waals surface area contributed by atoms with E-state index in [1.54, 1.807) is 12.1 Å². The zero-order valence-electron chi connectivity index (χ0n) is 12.0. The van der Waals surface area contributed by atoms with Crippen LogP contribution in [0.1, 0.15) is 44.3 Å². The highest BCUT2D eigenvalue weighted by atomic mass is 16.5. The van der Waals surface area contributed by atoms with Crippen molar-refractivity contribution in [3.63, 3.8) is 0 Å². The van der Waals surface area contributed by atoms with E-state index in [2.05, 4.69) is 19.1 Å². The van der Waals surface area contributed by atoms with Gasteiger partial charge in [0, 0.05) is 0 Å². The summed E-state index contributed by atoms with van der Waals surface area (Å²) >= 11 is 0. The molecule has 0 saturated heterocycles. The Labute approximate surface area is 121 Å². The topological polar surface area (TPSA) is 29.5 Å². The van der Waals surface area contributed by atoms with Gasteiger partial charge in [-0.05, 0) is 30.5 Å². The first-order valence-electron chi connectivity index (χ1n) is 7.31. The molecule has 0 aliphatic heterocycles. The third-order valence-corrected chi connectivity index (χ3v) is 3.38. The monoisotopic (exact) mass is 270 g/mol. The number of rotatable bonds is 7. The maximum absolute atomic E-state index is 9.85. The summed E-state index contributed by atoms with van der Waals surface area (Å²) in [5.41, 5.74) is 1.16. The van der Waals surface area contributed by atoms with Crippen molar-refractivity contribution in [2.45, 2.75) is 38.7 Å². The van der Waals surface area contributed by atoms with Crippen molar-refractivity contribution in [1.82, 2.24) is 0 Å². The lowest BCUT2D eigenvalue weighted by Gasteiger charge is -2.20. The van der Waals surface area contributed by atoms with Crippen LogP contribution in [0.25, 0.3) is 0 Å². The van der Waals surface area contributed by atoms with Crippen molar-refractivity contribution >= 4 is 0 Å². The maximum atomic E-state index is 9.85. The van der Waals surface area contributed by atoms with Gasteiger partial charge in [0.25, 0.3) is 0 Å². The molecule has 2 rings (SSSR count). The molecule has 0 aliphatic rings. The first-order chi connectivity index (χ1) is 9.81. The third-order valence-electron chi connectivity index (χ3n) is 3.38. The first kappa shape index (κ1) is 14.4. The Bertz CT molecular complexity index is 508. The van der Waals surface area contributed by atoms with Crippen LogP contribution in [0.3, 0.4) is 0 Å². The summed E-state index contributed by atoms with van der Waals surface area (Å²) in [4.78, 5) is 0. The normalized spacial score (nSPS) is 12.1. The highest BCUT2D eigenvalue weighted by Gasteiger charge is 2.14. The maximum Gasteiger partial charge on any atom is 0.161 e. The van der Waals surface area contributed by atoms with Gasteiger partial charge in [-0.1, -0.05) is 62.2 Å². The molecule has 2 nitrogen and oxygen atoms in total. The van der Waals surface area contributed by atoms with Crippen LogP contribution < -0.4 is 4.74 Å². The van der Waals surface area contributed by atoms with Crippen molar-refractivity contribution in [1.29, 1.82) is 0 Å². The summed E-state index contributed by atoms with van der Waals surface area (Å²) in [7, 11) is 0. The van der Waals surface area contributed by atoms with Crippen LogP contribution in [-0.2, 0) is 0 Å². The van der Waals surface area contributed by atoms with E-state index >= 15 is 0 Å². The van der Waals surface area contributed by atoms with Crippen LogP contribution >= 0.6 is 0 Å². The van der Waals surface area contributed by atoms with E-state index < -0.39 is 0 Å². The van der Waals surface area contributed by atoms with Gasteiger partial charge in [-0.15, -0.1) is 0 Å². The standard InChI is InChI=1S/C18H22O2/c1-2-3-5-13-17(15-10-6-4-7-11-15)20-18-14-9-8-12-16(18)19/h4,6-12,14,17,19H,2-3,5,13H2,1H3. The van der Waals surface area contributed by atoms with Crippen molar-refractivity contribution in [2.75, 3.05) is 0 Å². The van der Waals surface area contributed by atoms with Gasteiger partial charge in [-0.2, -0.15) is 0 Å². The zero-order valence-corrected chi connectivity index (χ0v) is 12.0. The summed E-state index contributed by atoms with van der Waals surface area (Å²) < 4.78 is 6.03. The van der Waals surface area contributed by atoms with E-state index in [-0.39, 0.29) is 11.9 Å². The number of benzene rings is 2. The Morgan fingerprint density at radius 2 is 1.65 bits per heavy atom. The minimum Gasteiger partial charge on any atom is -0.504 e. The predicted molar refractivity (Wildman–Crippen MR) is 82.1 cm³/mol. The molecule has 20 heavy (non-hydrogen) atoms. The fraction of sp³-hybridized carbons (Fsp3) is 0.333. The van der Waals surface area contributed by atoms with Crippen LogP contribution in [0.2, 0.25) is 0 Å². The van der Waals surface area contributed by atoms with Gasteiger partial charge in [0.15, 0.2) is 11.5 Å². The van der Waals surface area contributed by atoms with Gasteiger partial charge in [-0.3, -0.25) is 0 Å². The molecule has 1 N–H and O–H groups in total.